The highest BCUT2D eigenvalue weighted by atomic mass is 32.2. The van der Waals surface area contributed by atoms with Crippen LogP contribution in [0.3, 0.4) is 0 Å². The lowest BCUT2D eigenvalue weighted by Crippen LogP contribution is -2.09. The van der Waals surface area contributed by atoms with Crippen molar-refractivity contribution in [1.29, 1.82) is 0 Å². The van der Waals surface area contributed by atoms with Gasteiger partial charge in [-0.25, -0.2) is 8.42 Å². The van der Waals surface area contributed by atoms with E-state index in [0.717, 1.165) is 0 Å². The molecule has 0 saturated carbocycles. The van der Waals surface area contributed by atoms with E-state index >= 15 is 0 Å². The number of rotatable bonds is 7. The number of hydrogen-bond acceptors (Lipinski definition) is 3. The first-order valence-electron chi connectivity index (χ1n) is 4.01. The summed E-state index contributed by atoms with van der Waals surface area (Å²) < 4.78 is 22.1. The molecule has 0 aliphatic carbocycles. The minimum absolute atomic E-state index is 0.0277. The Kier molecular flexibility index (Phi) is 5.37. The molecule has 1 N–H and O–H groups in total. The molecule has 0 bridgehead atoms. The second-order valence-electron chi connectivity index (χ2n) is 2.75. The third-order valence-electron chi connectivity index (χ3n) is 1.47. The Morgan fingerprint density at radius 1 is 1.38 bits per heavy atom. The lowest BCUT2D eigenvalue weighted by Gasteiger charge is -1.99. The van der Waals surface area contributed by atoms with Crippen molar-refractivity contribution in [3.8, 4) is 0 Å². The van der Waals surface area contributed by atoms with Crippen LogP contribution in [-0.2, 0) is 14.6 Å². The van der Waals surface area contributed by atoms with E-state index in [1.165, 1.54) is 6.08 Å². The molecule has 76 valence electrons. The lowest BCUT2D eigenvalue weighted by molar-refractivity contribution is -0.137. The first kappa shape index (κ1) is 12.2. The number of aliphatic carboxylic acids is 1. The second kappa shape index (κ2) is 5.75. The van der Waals surface area contributed by atoms with Gasteiger partial charge in [-0.3, -0.25) is 4.79 Å². The predicted octanol–water partition coefficient (Wildman–Crippen LogP) is 0.842. The van der Waals surface area contributed by atoms with Crippen LogP contribution in [0.5, 0.6) is 0 Å². The number of carboxylic acids is 1. The minimum atomic E-state index is -3.04. The molecule has 0 radical (unpaired) electrons. The Morgan fingerprint density at radius 3 is 2.46 bits per heavy atom. The van der Waals surface area contributed by atoms with Crippen LogP contribution < -0.4 is 0 Å². The molecule has 0 aliphatic rings. The number of hydrogen-bond donors (Lipinski definition) is 1. The molecule has 0 aliphatic heterocycles. The van der Waals surface area contributed by atoms with Gasteiger partial charge in [0, 0.05) is 6.42 Å². The third-order valence-corrected chi connectivity index (χ3v) is 3.12. The van der Waals surface area contributed by atoms with Gasteiger partial charge in [-0.15, -0.1) is 6.58 Å². The van der Waals surface area contributed by atoms with Crippen molar-refractivity contribution in [1.82, 2.24) is 0 Å². The summed E-state index contributed by atoms with van der Waals surface area (Å²) in [6.07, 6.45) is 2.18. The van der Waals surface area contributed by atoms with Gasteiger partial charge < -0.3 is 5.11 Å². The first-order valence-corrected chi connectivity index (χ1v) is 5.83. The van der Waals surface area contributed by atoms with Crippen molar-refractivity contribution in [3.63, 3.8) is 0 Å². The van der Waals surface area contributed by atoms with Crippen LogP contribution in [0.2, 0.25) is 0 Å². The van der Waals surface area contributed by atoms with Crippen molar-refractivity contribution in [2.75, 3.05) is 11.5 Å². The fraction of sp³-hybridized carbons (Fsp3) is 0.625. The van der Waals surface area contributed by atoms with E-state index < -0.39 is 15.8 Å². The van der Waals surface area contributed by atoms with Gasteiger partial charge in [0.2, 0.25) is 0 Å². The van der Waals surface area contributed by atoms with Crippen LogP contribution in [-0.4, -0.2) is 31.0 Å². The summed E-state index contributed by atoms with van der Waals surface area (Å²) >= 11 is 0. The van der Waals surface area contributed by atoms with E-state index in [4.69, 9.17) is 5.11 Å². The maximum atomic E-state index is 11.1. The van der Waals surface area contributed by atoms with E-state index in [1.54, 1.807) is 0 Å². The van der Waals surface area contributed by atoms with Crippen molar-refractivity contribution in [3.05, 3.63) is 12.7 Å². The van der Waals surface area contributed by atoms with Gasteiger partial charge in [-0.1, -0.05) is 6.08 Å². The Morgan fingerprint density at radius 2 is 2.00 bits per heavy atom. The van der Waals surface area contributed by atoms with E-state index in [-0.39, 0.29) is 17.9 Å². The zero-order valence-electron chi connectivity index (χ0n) is 7.40. The highest BCUT2D eigenvalue weighted by Crippen LogP contribution is 2.00. The monoisotopic (exact) mass is 206 g/mol. The van der Waals surface area contributed by atoms with Crippen molar-refractivity contribution in [2.24, 2.45) is 0 Å². The van der Waals surface area contributed by atoms with Crippen LogP contribution >= 0.6 is 0 Å². The standard InChI is InChI=1S/C8H14O4S/c1-2-6-13(11,12)7-4-3-5-8(9)10/h2H,1,3-7H2,(H,9,10). The Bertz CT molecular complexity index is 266. The van der Waals surface area contributed by atoms with Crippen molar-refractivity contribution in [2.45, 2.75) is 19.3 Å². The van der Waals surface area contributed by atoms with Gasteiger partial charge in [0.15, 0.2) is 9.84 Å². The molecule has 0 heterocycles. The van der Waals surface area contributed by atoms with Crippen LogP contribution in [0.1, 0.15) is 19.3 Å². The SMILES string of the molecule is C=CCS(=O)(=O)CCCCC(=O)O. The number of carbonyl (C=O) groups is 1. The van der Waals surface area contributed by atoms with Gasteiger partial charge in [0.25, 0.3) is 0 Å². The van der Waals surface area contributed by atoms with E-state index in [0.29, 0.717) is 12.8 Å². The summed E-state index contributed by atoms with van der Waals surface area (Å²) in [7, 11) is -3.04. The van der Waals surface area contributed by atoms with Gasteiger partial charge >= 0.3 is 5.97 Å². The van der Waals surface area contributed by atoms with Crippen molar-refractivity contribution < 1.29 is 18.3 Å². The number of sulfone groups is 1. The normalized spacial score (nSPS) is 11.1. The molecule has 5 heteroatoms. The van der Waals surface area contributed by atoms with Crippen LogP contribution in [0.25, 0.3) is 0 Å². The summed E-state index contributed by atoms with van der Waals surface area (Å²) in [6, 6.07) is 0. The molecule has 0 fully saturated rings. The molecule has 0 aromatic rings. The molecule has 0 rings (SSSR count). The maximum Gasteiger partial charge on any atom is 0.303 e. The van der Waals surface area contributed by atoms with Crippen LogP contribution in [0.4, 0.5) is 0 Å². The summed E-state index contributed by atoms with van der Waals surface area (Å²) in [5.41, 5.74) is 0. The number of carboxylic acid groups (broad SMARTS) is 1. The molecular formula is C8H14O4S. The molecule has 0 aromatic heterocycles. The lowest BCUT2D eigenvalue weighted by atomic mass is 10.3. The zero-order valence-corrected chi connectivity index (χ0v) is 8.22. The molecule has 0 unspecified atom stereocenters. The highest BCUT2D eigenvalue weighted by molar-refractivity contribution is 7.91. The van der Waals surface area contributed by atoms with Gasteiger partial charge in [0.1, 0.15) is 0 Å². The first-order chi connectivity index (χ1) is 5.98. The van der Waals surface area contributed by atoms with Crippen LogP contribution in [0, 0.1) is 0 Å². The topological polar surface area (TPSA) is 71.4 Å². The minimum Gasteiger partial charge on any atom is -0.481 e. The fourth-order valence-corrected chi connectivity index (χ4v) is 2.03. The molecule has 13 heavy (non-hydrogen) atoms. The van der Waals surface area contributed by atoms with E-state index in [1.807, 2.05) is 0 Å². The summed E-state index contributed by atoms with van der Waals surface area (Å²) in [4.78, 5) is 10.1. The zero-order chi connectivity index (χ0) is 10.3. The third kappa shape index (κ3) is 7.52. The van der Waals surface area contributed by atoms with Crippen LogP contribution in [0.15, 0.2) is 12.7 Å². The van der Waals surface area contributed by atoms with Gasteiger partial charge in [-0.05, 0) is 12.8 Å². The Hall–Kier alpha value is -0.840. The summed E-state index contributed by atoms with van der Waals surface area (Å²) in [5, 5.41) is 8.28. The highest BCUT2D eigenvalue weighted by Gasteiger charge is 2.07. The van der Waals surface area contributed by atoms with Crippen molar-refractivity contribution >= 4 is 15.8 Å². The molecule has 4 nitrogen and oxygen atoms in total. The average molecular weight is 206 g/mol. The largest absolute Gasteiger partial charge is 0.481 e. The maximum absolute atomic E-state index is 11.1. The smallest absolute Gasteiger partial charge is 0.303 e. The molecule has 0 aromatic carbocycles. The predicted molar refractivity (Wildman–Crippen MR) is 50.3 cm³/mol. The van der Waals surface area contributed by atoms with E-state index in [2.05, 4.69) is 6.58 Å². The average Bonchev–Trinajstić information content (AvgIpc) is 1.98. The molecular weight excluding hydrogens is 192 g/mol. The summed E-state index contributed by atoms with van der Waals surface area (Å²) in [6.45, 7) is 3.33. The quantitative estimate of drug-likeness (QED) is 0.495. The van der Waals surface area contributed by atoms with E-state index in [9.17, 15) is 13.2 Å². The fourth-order valence-electron chi connectivity index (χ4n) is 0.861. The van der Waals surface area contributed by atoms with Gasteiger partial charge in [-0.2, -0.15) is 0 Å². The van der Waals surface area contributed by atoms with Gasteiger partial charge in [0.05, 0.1) is 11.5 Å². The molecule has 0 spiro atoms. The summed E-state index contributed by atoms with van der Waals surface area (Å²) in [5.74, 6) is -0.868. The molecule has 0 amide bonds. The molecule has 0 atom stereocenters. The Labute approximate surface area is 78.2 Å². The second-order valence-corrected chi connectivity index (χ2v) is 4.98. The Balaban J connectivity index is 3.64. The number of unbranched alkanes of at least 4 members (excludes halogenated alkanes) is 1. The molecule has 0 saturated heterocycles.